The van der Waals surface area contributed by atoms with Crippen molar-refractivity contribution in [2.45, 2.75) is 33.2 Å². The van der Waals surface area contributed by atoms with Crippen molar-refractivity contribution < 1.29 is 13.5 Å². The van der Waals surface area contributed by atoms with E-state index >= 15 is 0 Å². The molecule has 0 spiro atoms. The second-order valence-corrected chi connectivity index (χ2v) is 6.14. The summed E-state index contributed by atoms with van der Waals surface area (Å²) < 4.78 is 25.1. The molecule has 0 aromatic heterocycles. The van der Waals surface area contributed by atoms with E-state index in [9.17, 15) is 8.42 Å². The minimum atomic E-state index is -3.23. The Morgan fingerprint density at radius 1 is 1.31 bits per heavy atom. The third kappa shape index (κ3) is 6.42. The van der Waals surface area contributed by atoms with E-state index in [1.165, 1.54) is 4.31 Å². The molecule has 6 heteroatoms. The van der Waals surface area contributed by atoms with Gasteiger partial charge in [-0.1, -0.05) is 20.8 Å². The van der Waals surface area contributed by atoms with Crippen LogP contribution >= 0.6 is 0 Å². The van der Waals surface area contributed by atoms with Gasteiger partial charge in [0.1, 0.15) is 0 Å². The van der Waals surface area contributed by atoms with E-state index in [4.69, 9.17) is 5.11 Å². The molecule has 0 fully saturated rings. The van der Waals surface area contributed by atoms with Crippen LogP contribution in [0.1, 0.15) is 27.2 Å². The molecule has 0 bridgehead atoms. The summed E-state index contributed by atoms with van der Waals surface area (Å²) in [5.74, 6) is 0.0885. The van der Waals surface area contributed by atoms with E-state index < -0.39 is 10.0 Å². The van der Waals surface area contributed by atoms with E-state index in [1.54, 1.807) is 0 Å². The molecule has 0 unspecified atom stereocenters. The maximum absolute atomic E-state index is 11.9. The normalized spacial score (nSPS) is 12.6. The molecule has 0 aromatic carbocycles. The zero-order valence-corrected chi connectivity index (χ0v) is 11.3. The first-order valence-corrected chi connectivity index (χ1v) is 7.37. The van der Waals surface area contributed by atoms with E-state index in [0.717, 1.165) is 6.42 Å². The SMILES string of the molecule is CCCN(CCO)S(=O)(=O)CCNC(C)C. The van der Waals surface area contributed by atoms with Crippen molar-refractivity contribution >= 4 is 10.0 Å². The zero-order valence-electron chi connectivity index (χ0n) is 10.4. The number of hydrogen-bond acceptors (Lipinski definition) is 4. The maximum Gasteiger partial charge on any atom is 0.215 e. The summed E-state index contributed by atoms with van der Waals surface area (Å²) in [7, 11) is -3.23. The Balaban J connectivity index is 4.24. The summed E-state index contributed by atoms with van der Waals surface area (Å²) in [6.07, 6.45) is 0.761. The Kier molecular flexibility index (Phi) is 7.91. The second kappa shape index (κ2) is 8.00. The maximum atomic E-state index is 11.9. The Bertz CT molecular complexity index is 259. The van der Waals surface area contributed by atoms with Crippen LogP contribution in [0.15, 0.2) is 0 Å². The molecule has 0 heterocycles. The average Bonchev–Trinajstić information content (AvgIpc) is 2.16. The van der Waals surface area contributed by atoms with Gasteiger partial charge < -0.3 is 10.4 Å². The smallest absolute Gasteiger partial charge is 0.215 e. The quantitative estimate of drug-likeness (QED) is 0.607. The summed E-state index contributed by atoms with van der Waals surface area (Å²) in [6, 6.07) is 0.285. The van der Waals surface area contributed by atoms with Crippen molar-refractivity contribution in [3.63, 3.8) is 0 Å². The first kappa shape index (κ1) is 15.8. The molecule has 16 heavy (non-hydrogen) atoms. The molecular weight excluding hydrogens is 228 g/mol. The lowest BCUT2D eigenvalue weighted by Crippen LogP contribution is -2.39. The van der Waals surface area contributed by atoms with Crippen molar-refractivity contribution in [3.05, 3.63) is 0 Å². The highest BCUT2D eigenvalue weighted by Gasteiger charge is 2.20. The first-order valence-electron chi connectivity index (χ1n) is 5.76. The van der Waals surface area contributed by atoms with Crippen molar-refractivity contribution in [1.29, 1.82) is 0 Å². The second-order valence-electron chi connectivity index (χ2n) is 4.05. The van der Waals surface area contributed by atoms with Gasteiger partial charge in [0.05, 0.1) is 12.4 Å². The number of aliphatic hydroxyl groups is 1. The van der Waals surface area contributed by atoms with Crippen LogP contribution in [0.4, 0.5) is 0 Å². The van der Waals surface area contributed by atoms with Gasteiger partial charge in [-0.2, -0.15) is 4.31 Å². The zero-order chi connectivity index (χ0) is 12.6. The van der Waals surface area contributed by atoms with E-state index in [-0.39, 0.29) is 24.9 Å². The number of sulfonamides is 1. The fraction of sp³-hybridized carbons (Fsp3) is 1.00. The lowest BCUT2D eigenvalue weighted by molar-refractivity contribution is 0.253. The Morgan fingerprint density at radius 3 is 2.38 bits per heavy atom. The molecule has 0 atom stereocenters. The molecule has 0 aliphatic rings. The lowest BCUT2D eigenvalue weighted by Gasteiger charge is -2.21. The predicted molar refractivity (Wildman–Crippen MR) is 65.9 cm³/mol. The fourth-order valence-corrected chi connectivity index (χ4v) is 2.81. The van der Waals surface area contributed by atoms with E-state index in [2.05, 4.69) is 5.32 Å². The van der Waals surface area contributed by atoms with Crippen molar-refractivity contribution in [2.24, 2.45) is 0 Å². The molecule has 98 valence electrons. The van der Waals surface area contributed by atoms with E-state index in [0.29, 0.717) is 13.1 Å². The van der Waals surface area contributed by atoms with Crippen LogP contribution in [0.25, 0.3) is 0 Å². The third-order valence-corrected chi connectivity index (χ3v) is 4.00. The van der Waals surface area contributed by atoms with Crippen LogP contribution < -0.4 is 5.32 Å². The summed E-state index contributed by atoms with van der Waals surface area (Å²) in [5.41, 5.74) is 0. The Hall–Kier alpha value is -0.170. The van der Waals surface area contributed by atoms with Gasteiger partial charge in [0.2, 0.25) is 10.0 Å². The number of aliphatic hydroxyl groups excluding tert-OH is 1. The molecule has 0 rings (SSSR count). The molecule has 0 amide bonds. The van der Waals surface area contributed by atoms with Gasteiger partial charge in [0.15, 0.2) is 0 Å². The topological polar surface area (TPSA) is 69.6 Å². The highest BCUT2D eigenvalue weighted by molar-refractivity contribution is 7.89. The predicted octanol–water partition coefficient (Wildman–Crippen LogP) is 0.0185. The summed E-state index contributed by atoms with van der Waals surface area (Å²) in [6.45, 7) is 6.87. The molecule has 0 aliphatic carbocycles. The Morgan fingerprint density at radius 2 is 1.94 bits per heavy atom. The standard InChI is InChI=1S/C10H24N2O3S/c1-4-6-12(7-8-13)16(14,15)9-5-11-10(2)3/h10-11,13H,4-9H2,1-3H3. The summed E-state index contributed by atoms with van der Waals surface area (Å²) >= 11 is 0. The molecule has 0 aliphatic heterocycles. The largest absolute Gasteiger partial charge is 0.395 e. The first-order chi connectivity index (χ1) is 7.44. The molecule has 0 saturated heterocycles. The van der Waals surface area contributed by atoms with Gasteiger partial charge >= 0.3 is 0 Å². The molecular formula is C10H24N2O3S. The third-order valence-electron chi connectivity index (χ3n) is 2.13. The molecule has 0 aromatic rings. The average molecular weight is 252 g/mol. The van der Waals surface area contributed by atoms with Crippen molar-refractivity contribution in [3.8, 4) is 0 Å². The van der Waals surface area contributed by atoms with Crippen LogP contribution in [-0.4, -0.2) is 55.9 Å². The highest BCUT2D eigenvalue weighted by Crippen LogP contribution is 2.02. The fourth-order valence-electron chi connectivity index (χ4n) is 1.36. The van der Waals surface area contributed by atoms with Crippen LogP contribution in [0.2, 0.25) is 0 Å². The molecule has 0 saturated carbocycles. The van der Waals surface area contributed by atoms with Gasteiger partial charge in [-0.3, -0.25) is 0 Å². The number of hydrogen-bond donors (Lipinski definition) is 2. The Labute approximate surface area is 98.9 Å². The molecule has 0 radical (unpaired) electrons. The van der Waals surface area contributed by atoms with E-state index in [1.807, 2.05) is 20.8 Å². The van der Waals surface area contributed by atoms with Gasteiger partial charge in [-0.15, -0.1) is 0 Å². The minimum absolute atomic E-state index is 0.0885. The number of nitrogens with zero attached hydrogens (tertiary/aromatic N) is 1. The van der Waals surface area contributed by atoms with Crippen LogP contribution in [0.5, 0.6) is 0 Å². The van der Waals surface area contributed by atoms with Crippen LogP contribution in [-0.2, 0) is 10.0 Å². The lowest BCUT2D eigenvalue weighted by atomic mass is 10.4. The minimum Gasteiger partial charge on any atom is -0.395 e. The summed E-state index contributed by atoms with van der Waals surface area (Å²) in [5, 5.41) is 11.9. The van der Waals surface area contributed by atoms with Gasteiger partial charge in [-0.25, -0.2) is 8.42 Å². The van der Waals surface area contributed by atoms with Crippen LogP contribution in [0, 0.1) is 0 Å². The molecule has 5 nitrogen and oxygen atoms in total. The monoisotopic (exact) mass is 252 g/mol. The van der Waals surface area contributed by atoms with Gasteiger partial charge in [0, 0.05) is 25.7 Å². The van der Waals surface area contributed by atoms with Crippen LogP contribution in [0.3, 0.4) is 0 Å². The number of nitrogens with one attached hydrogen (secondary N) is 1. The molecule has 2 N–H and O–H groups in total. The van der Waals surface area contributed by atoms with Gasteiger partial charge in [-0.05, 0) is 6.42 Å². The van der Waals surface area contributed by atoms with Crippen molar-refractivity contribution in [2.75, 3.05) is 32.0 Å². The number of rotatable bonds is 9. The highest BCUT2D eigenvalue weighted by atomic mass is 32.2. The summed E-state index contributed by atoms with van der Waals surface area (Å²) in [4.78, 5) is 0. The van der Waals surface area contributed by atoms with Crippen molar-refractivity contribution in [1.82, 2.24) is 9.62 Å². The van der Waals surface area contributed by atoms with Gasteiger partial charge in [0.25, 0.3) is 0 Å².